The molecule has 2 aromatic heterocycles. The van der Waals surface area contributed by atoms with E-state index in [9.17, 15) is 76.6 Å². The highest BCUT2D eigenvalue weighted by Crippen LogP contribution is 2.40. The maximum absolute atomic E-state index is 14.6. The van der Waals surface area contributed by atoms with Gasteiger partial charge in [-0.25, -0.2) is 9.36 Å². The number of primary amides is 2. The molecule has 2 spiro atoms. The first-order valence-electron chi connectivity index (χ1n) is 29.6. The first kappa shape index (κ1) is 69.2. The Labute approximate surface area is 517 Å². The van der Waals surface area contributed by atoms with Gasteiger partial charge in [0.1, 0.15) is 48.3 Å². The molecule has 4 aromatic rings. The summed E-state index contributed by atoms with van der Waals surface area (Å²) in [7, 11) is -8.86. The van der Waals surface area contributed by atoms with E-state index in [1.54, 1.807) is 0 Å². The Morgan fingerprint density at radius 3 is 1.17 bits per heavy atom. The predicted molar refractivity (Wildman–Crippen MR) is 318 cm³/mol. The van der Waals surface area contributed by atoms with Crippen molar-refractivity contribution in [2.24, 2.45) is 11.5 Å². The Kier molecular flexibility index (Phi) is 24.2. The zero-order valence-corrected chi connectivity index (χ0v) is 51.3. The van der Waals surface area contributed by atoms with E-state index < -0.39 is 148 Å². The summed E-state index contributed by atoms with van der Waals surface area (Å²) in [6.45, 7) is -0.916. The number of nitrogens with zero attached hydrogens (tertiary/aromatic N) is 6. The summed E-state index contributed by atoms with van der Waals surface area (Å²) in [6, 6.07) is 6.34. The largest absolute Gasteiger partial charge is 0.370 e. The molecule has 4 bridgehead atoms. The molecule has 34 heteroatoms. The minimum atomic E-state index is -4.43. The van der Waals surface area contributed by atoms with E-state index in [0.717, 1.165) is 0 Å². The van der Waals surface area contributed by atoms with E-state index in [4.69, 9.17) is 11.5 Å². The summed E-state index contributed by atoms with van der Waals surface area (Å²) < 4.78 is 25.9. The number of carbonyl (C=O) groups is 10. The summed E-state index contributed by atoms with van der Waals surface area (Å²) in [4.78, 5) is 176. The van der Waals surface area contributed by atoms with Crippen LogP contribution in [0.15, 0.2) is 60.9 Å². The van der Waals surface area contributed by atoms with Crippen LogP contribution < -0.4 is 54.0 Å². The van der Waals surface area contributed by atoms with Crippen LogP contribution in [-0.4, -0.2) is 157 Å². The van der Waals surface area contributed by atoms with Crippen LogP contribution in [0.5, 0.6) is 0 Å². The summed E-state index contributed by atoms with van der Waals surface area (Å²) in [5, 5.41) is 38.2. The number of nitrogens with one attached hydrogen (secondary N) is 8. The molecular formula is C56H78N16O16P2. The highest BCUT2D eigenvalue weighted by molar-refractivity contribution is 7.51. The van der Waals surface area contributed by atoms with Gasteiger partial charge < -0.3 is 73.6 Å². The topological polar surface area (TPSA) is 495 Å². The summed E-state index contributed by atoms with van der Waals surface area (Å²) in [5.74, 6) is -7.93. The van der Waals surface area contributed by atoms with Crippen LogP contribution in [0.4, 0.5) is 0 Å². The van der Waals surface area contributed by atoms with Crippen LogP contribution in [0.3, 0.4) is 0 Å². The lowest BCUT2D eigenvalue weighted by molar-refractivity contribution is -0.139. The third-order valence-electron chi connectivity index (χ3n) is 15.7. The first-order chi connectivity index (χ1) is 42.6. The highest BCUT2D eigenvalue weighted by atomic mass is 31.2. The molecule has 10 amide bonds. The highest BCUT2D eigenvalue weighted by Gasteiger charge is 2.46. The summed E-state index contributed by atoms with van der Waals surface area (Å²) in [6.07, 6.45) is 4.94. The van der Waals surface area contributed by atoms with E-state index in [-0.39, 0.29) is 77.3 Å². The number of benzene rings is 2. The molecule has 3 aliphatic rings. The molecule has 90 heavy (non-hydrogen) atoms. The fourth-order valence-corrected chi connectivity index (χ4v) is 12.5. The number of amides is 10. The third-order valence-corrected chi connectivity index (χ3v) is 17.2. The molecule has 488 valence electrons. The van der Waals surface area contributed by atoms with Crippen LogP contribution in [0, 0.1) is 0 Å². The van der Waals surface area contributed by atoms with Crippen molar-refractivity contribution >= 4 is 74.3 Å². The minimum Gasteiger partial charge on any atom is -0.370 e. The normalized spacial score (nSPS) is 21.9. The number of hydrogen-bond donors (Lipinski definition) is 14. The summed E-state index contributed by atoms with van der Waals surface area (Å²) in [5.41, 5.74) is 10.2. The number of hydrogen-bond acceptors (Lipinski definition) is 16. The van der Waals surface area contributed by atoms with Crippen LogP contribution in [0.25, 0.3) is 0 Å². The van der Waals surface area contributed by atoms with Crippen molar-refractivity contribution < 1.29 is 76.6 Å². The van der Waals surface area contributed by atoms with Gasteiger partial charge in [-0.1, -0.05) is 97.5 Å². The van der Waals surface area contributed by atoms with Gasteiger partial charge in [-0.15, -0.1) is 10.2 Å². The quantitative estimate of drug-likeness (QED) is 0.0673. The number of carbonyl (C=O) groups excluding carboxylic acids is 10. The molecule has 3 heterocycles. The maximum atomic E-state index is 14.6. The van der Waals surface area contributed by atoms with Gasteiger partial charge in [-0.05, 0) is 73.6 Å². The van der Waals surface area contributed by atoms with E-state index in [0.29, 0.717) is 72.2 Å². The van der Waals surface area contributed by atoms with Gasteiger partial charge >= 0.3 is 15.2 Å². The van der Waals surface area contributed by atoms with Crippen LogP contribution in [0.2, 0.25) is 0 Å². The molecule has 4 atom stereocenters. The van der Waals surface area contributed by atoms with Crippen molar-refractivity contribution in [1.82, 2.24) is 72.5 Å². The lowest BCUT2D eigenvalue weighted by Gasteiger charge is -2.38. The number of fused-ring (bicyclic) bond motifs is 4. The SMILES string of the molecule is NC(=O)C[C@@H]1NC(=O)C2(CCCCC2)NC(=O)[C@H](Cc2ccc(CP(=O)(O)O)cc2)NC(=O)Cn2cc(nn2)CCCNC(=O)[C@H](CC(N)=O)NC(=O)C2(CCCCC2)NC(=O)[C@H](Cc2ccc(CP(=O)(O)O)cc2)NC(=O)Cn2cc(nn2)CCCNC1=O. The Hall–Kier alpha value is -8.28. The lowest BCUT2D eigenvalue weighted by atomic mass is 9.80. The van der Waals surface area contributed by atoms with Crippen molar-refractivity contribution in [2.45, 2.75) is 176 Å². The van der Waals surface area contributed by atoms with E-state index in [1.165, 1.54) is 70.3 Å². The fraction of sp³-hybridized carbons (Fsp3) is 0.536. The standard InChI is InChI=1S/C56H78N16O16P2/c57-45(73)27-43-49(77)59-23-7-9-39-30-72(70-68-39)32-48(76)62-42(26-36-13-17-38(18-14-36)34-90(86,87)88)52(80)66-56(21-5-2-6-22-56)54(82)64-44(28-46(58)74)50(78)60-24-8-10-40-29-71(69-67-40)31-47(75)61-41(25-35-11-15-37(16-12-35)33-89(83,84)85)51(79)65-55(53(81)63-43)19-3-1-4-20-55/h11-18,29-30,41-44H,1-10,19-28,31-34H2,(H2,57,73)(H2,58,74)(H,59,77)(H,60,78)(H,61,75)(H,62,76)(H,63,81)(H,64,82)(H,65,79)(H,66,80)(H2,83,84,85)(H2,86,87,88)/t41-,42-,43-,44-/m0/s1. The molecule has 16 N–H and O–H groups in total. The van der Waals surface area contributed by atoms with Gasteiger partial charge in [0, 0.05) is 38.3 Å². The van der Waals surface area contributed by atoms with Crippen molar-refractivity contribution in [3.8, 4) is 0 Å². The van der Waals surface area contributed by atoms with Crippen molar-refractivity contribution in [3.63, 3.8) is 0 Å². The molecule has 32 nitrogen and oxygen atoms in total. The van der Waals surface area contributed by atoms with Crippen LogP contribution >= 0.6 is 15.2 Å². The van der Waals surface area contributed by atoms with E-state index in [1.807, 2.05) is 0 Å². The van der Waals surface area contributed by atoms with Crippen LogP contribution in [0.1, 0.15) is 124 Å². The number of aryl methyl sites for hydroxylation is 2. The zero-order chi connectivity index (χ0) is 65.2. The number of nitrogens with two attached hydrogens (primary N) is 2. The second kappa shape index (κ2) is 31.4. The molecule has 0 radical (unpaired) electrons. The number of rotatable bonds is 12. The second-order valence-electron chi connectivity index (χ2n) is 23.2. The molecule has 0 unspecified atom stereocenters. The Morgan fingerprint density at radius 2 is 0.833 bits per heavy atom. The average Bonchev–Trinajstić information content (AvgIpc) is 1.10. The fourth-order valence-electron chi connectivity index (χ4n) is 11.2. The van der Waals surface area contributed by atoms with Crippen molar-refractivity contribution in [2.75, 3.05) is 13.1 Å². The number of aromatic nitrogens is 6. The molecule has 0 saturated heterocycles. The molecule has 2 aromatic carbocycles. The molecule has 2 fully saturated rings. The van der Waals surface area contributed by atoms with E-state index >= 15 is 0 Å². The van der Waals surface area contributed by atoms with Gasteiger partial charge in [-0.2, -0.15) is 0 Å². The smallest absolute Gasteiger partial charge is 0.329 e. The molecule has 2 aliphatic carbocycles. The minimum absolute atomic E-state index is 0.00758. The molecule has 7 rings (SSSR count). The Morgan fingerprint density at radius 1 is 0.489 bits per heavy atom. The van der Waals surface area contributed by atoms with Gasteiger partial charge in [0.2, 0.25) is 59.1 Å². The van der Waals surface area contributed by atoms with Crippen LogP contribution in [-0.2, 0) is 108 Å². The Bertz CT molecular complexity index is 3120. The zero-order valence-electron chi connectivity index (χ0n) is 49.5. The monoisotopic (exact) mass is 1290 g/mol. The molecule has 1 aliphatic heterocycles. The van der Waals surface area contributed by atoms with Gasteiger partial charge in [0.15, 0.2) is 0 Å². The third kappa shape index (κ3) is 21.5. The molecule has 2 saturated carbocycles. The first-order valence-corrected chi connectivity index (χ1v) is 33.2. The van der Waals surface area contributed by atoms with Crippen molar-refractivity contribution in [3.05, 3.63) is 94.6 Å². The second-order valence-corrected chi connectivity index (χ2v) is 26.5. The molecular weight excluding hydrogens is 1210 g/mol. The predicted octanol–water partition coefficient (Wildman–Crippen LogP) is -2.15. The van der Waals surface area contributed by atoms with E-state index in [2.05, 4.69) is 63.2 Å². The van der Waals surface area contributed by atoms with Gasteiger partial charge in [0.25, 0.3) is 0 Å². The summed E-state index contributed by atoms with van der Waals surface area (Å²) >= 11 is 0. The van der Waals surface area contributed by atoms with Crippen molar-refractivity contribution in [1.29, 1.82) is 0 Å². The maximum Gasteiger partial charge on any atom is 0.329 e. The lowest BCUT2D eigenvalue weighted by Crippen LogP contribution is -2.65. The average molecular weight is 1290 g/mol. The van der Waals surface area contributed by atoms with Gasteiger partial charge in [0.05, 0.1) is 36.6 Å². The Balaban J connectivity index is 1.14. The van der Waals surface area contributed by atoms with Gasteiger partial charge in [-0.3, -0.25) is 57.1 Å².